The van der Waals surface area contributed by atoms with Crippen molar-refractivity contribution in [1.29, 1.82) is 0 Å². The molecule has 8 rings (SSSR count). The number of esters is 2. The lowest BCUT2D eigenvalue weighted by atomic mass is 9.70. The summed E-state index contributed by atoms with van der Waals surface area (Å²) < 4.78 is 11.9. The highest BCUT2D eigenvalue weighted by molar-refractivity contribution is 8.00. The van der Waals surface area contributed by atoms with Crippen LogP contribution in [0.5, 0.6) is 0 Å². The maximum Gasteiger partial charge on any atom is 0.323 e. The standard InChI is InChI=1S/C21H24O4S/c1-26-21-17-7-3-5-8-10(7)13-15(17)14-12(16(13)19(22)24-8)6-2-4-9(25-20(21)23)11(6)18(14)21/h6-18H,2-5H2,1H3/t6-,7+,8+,9+,10-,11+,12-,13+,14+,15+,16-,17-,18-,21-/m0/s1. The van der Waals surface area contributed by atoms with Gasteiger partial charge in [0.15, 0.2) is 0 Å². The van der Waals surface area contributed by atoms with Crippen LogP contribution in [0.3, 0.4) is 0 Å². The molecule has 6 saturated carbocycles. The van der Waals surface area contributed by atoms with Crippen LogP contribution in [0.2, 0.25) is 0 Å². The summed E-state index contributed by atoms with van der Waals surface area (Å²) in [6, 6.07) is 0. The fourth-order valence-corrected chi connectivity index (χ4v) is 12.2. The molecule has 5 heteroatoms. The van der Waals surface area contributed by atoms with Crippen molar-refractivity contribution in [3.8, 4) is 0 Å². The predicted molar refractivity (Wildman–Crippen MR) is 92.9 cm³/mol. The van der Waals surface area contributed by atoms with E-state index in [4.69, 9.17) is 9.47 Å². The normalized spacial score (nSPS) is 69.8. The Kier molecular flexibility index (Phi) is 2.21. The molecule has 0 amide bonds. The third kappa shape index (κ3) is 1.11. The Labute approximate surface area is 157 Å². The number of hydrogen-bond acceptors (Lipinski definition) is 5. The summed E-state index contributed by atoms with van der Waals surface area (Å²) in [7, 11) is 0. The second kappa shape index (κ2) is 4.01. The summed E-state index contributed by atoms with van der Waals surface area (Å²) in [5.41, 5.74) is 0. The van der Waals surface area contributed by atoms with E-state index in [0.29, 0.717) is 59.2 Å². The molecule has 8 aliphatic rings. The van der Waals surface area contributed by atoms with E-state index in [1.165, 1.54) is 0 Å². The van der Waals surface area contributed by atoms with Gasteiger partial charge in [-0.15, -0.1) is 11.8 Å². The maximum absolute atomic E-state index is 13.5. The summed E-state index contributed by atoms with van der Waals surface area (Å²) in [5.74, 6) is 5.67. The molecule has 0 unspecified atom stereocenters. The van der Waals surface area contributed by atoms with Crippen LogP contribution < -0.4 is 0 Å². The quantitative estimate of drug-likeness (QED) is 0.662. The number of rotatable bonds is 1. The van der Waals surface area contributed by atoms with Crippen LogP contribution in [-0.2, 0) is 19.1 Å². The first kappa shape index (κ1) is 14.3. The molecule has 0 radical (unpaired) electrons. The molecule has 0 aromatic rings. The number of ether oxygens (including phenoxy) is 2. The van der Waals surface area contributed by atoms with E-state index in [1.807, 2.05) is 11.8 Å². The second-order valence-electron chi connectivity index (χ2n) is 10.4. The molecule has 26 heavy (non-hydrogen) atoms. The zero-order valence-corrected chi connectivity index (χ0v) is 15.7. The molecular weight excluding hydrogens is 348 g/mol. The van der Waals surface area contributed by atoms with Crippen molar-refractivity contribution in [2.75, 3.05) is 6.26 Å². The minimum Gasteiger partial charge on any atom is -0.462 e. The molecule has 138 valence electrons. The van der Waals surface area contributed by atoms with E-state index in [0.717, 1.165) is 25.7 Å². The monoisotopic (exact) mass is 372 g/mol. The van der Waals surface area contributed by atoms with Crippen LogP contribution in [0, 0.1) is 65.1 Å². The molecule has 0 bridgehead atoms. The minimum atomic E-state index is -0.321. The van der Waals surface area contributed by atoms with E-state index in [-0.39, 0.29) is 34.8 Å². The molecule has 14 atom stereocenters. The van der Waals surface area contributed by atoms with Crippen LogP contribution in [0.15, 0.2) is 0 Å². The zero-order chi connectivity index (χ0) is 17.1. The van der Waals surface area contributed by atoms with Crippen molar-refractivity contribution in [3.63, 3.8) is 0 Å². The van der Waals surface area contributed by atoms with Crippen LogP contribution in [0.1, 0.15) is 25.7 Å². The zero-order valence-electron chi connectivity index (χ0n) is 14.9. The fourth-order valence-electron chi connectivity index (χ4n) is 10.8. The van der Waals surface area contributed by atoms with Crippen molar-refractivity contribution < 1.29 is 19.1 Å². The van der Waals surface area contributed by atoms with Gasteiger partial charge >= 0.3 is 11.9 Å². The average Bonchev–Trinajstić information content (AvgIpc) is 3.37. The lowest BCUT2D eigenvalue weighted by molar-refractivity contribution is -0.173. The Morgan fingerprint density at radius 3 is 2.35 bits per heavy atom. The second-order valence-corrected chi connectivity index (χ2v) is 11.5. The first-order valence-corrected chi connectivity index (χ1v) is 11.9. The molecule has 2 saturated heterocycles. The Morgan fingerprint density at radius 2 is 1.54 bits per heavy atom. The van der Waals surface area contributed by atoms with Gasteiger partial charge in [0.25, 0.3) is 0 Å². The molecule has 6 aliphatic carbocycles. The van der Waals surface area contributed by atoms with Crippen molar-refractivity contribution in [1.82, 2.24) is 0 Å². The number of hydrogen-bond donors (Lipinski definition) is 0. The number of thioether (sulfide) groups is 1. The number of carbonyl (C=O) groups is 2. The fraction of sp³-hybridized carbons (Fsp3) is 0.905. The highest BCUT2D eigenvalue weighted by Gasteiger charge is 2.86. The van der Waals surface area contributed by atoms with Crippen LogP contribution >= 0.6 is 11.8 Å². The van der Waals surface area contributed by atoms with Gasteiger partial charge in [-0.25, -0.2) is 0 Å². The van der Waals surface area contributed by atoms with Crippen molar-refractivity contribution in [2.45, 2.75) is 42.6 Å². The van der Waals surface area contributed by atoms with Gasteiger partial charge in [0.1, 0.15) is 17.0 Å². The molecule has 0 N–H and O–H groups in total. The van der Waals surface area contributed by atoms with Crippen molar-refractivity contribution in [3.05, 3.63) is 0 Å². The largest absolute Gasteiger partial charge is 0.462 e. The molecule has 0 spiro atoms. The highest BCUT2D eigenvalue weighted by Crippen LogP contribution is 2.84. The third-order valence-corrected chi connectivity index (χ3v) is 12.1. The van der Waals surface area contributed by atoms with Gasteiger partial charge in [0.05, 0.1) is 5.92 Å². The SMILES string of the molecule is CS[C@]12C(=O)O[C@@H]3CC[C@@H]4[C@@H]5[C@@H]6C(=O)O[C@@H]7CC[C@@H]8[C@@H]7[C@@H]6[C@H]([C@@H]5[C@@H]1[C@H]43)[C@H]82. The van der Waals surface area contributed by atoms with Gasteiger partial charge in [0, 0.05) is 11.8 Å². The maximum atomic E-state index is 13.5. The summed E-state index contributed by atoms with van der Waals surface area (Å²) in [6.45, 7) is 0. The summed E-state index contributed by atoms with van der Waals surface area (Å²) >= 11 is 1.82. The minimum absolute atomic E-state index is 0.114. The van der Waals surface area contributed by atoms with Crippen molar-refractivity contribution in [2.24, 2.45) is 65.1 Å². The molecule has 0 aromatic carbocycles. The summed E-state index contributed by atoms with van der Waals surface area (Å²) in [4.78, 5) is 26.6. The third-order valence-electron chi connectivity index (χ3n) is 10.7. The lowest BCUT2D eigenvalue weighted by Crippen LogP contribution is -2.56. The molecular formula is C21H24O4S. The predicted octanol–water partition coefficient (Wildman–Crippen LogP) is 2.36. The van der Waals surface area contributed by atoms with Crippen LogP contribution in [-0.4, -0.2) is 35.1 Å². The summed E-state index contributed by atoms with van der Waals surface area (Å²) in [6.07, 6.45) is 6.76. The first-order chi connectivity index (χ1) is 12.7. The molecule has 8 fully saturated rings. The molecule has 2 aliphatic heterocycles. The van der Waals surface area contributed by atoms with Gasteiger partial charge in [-0.05, 0) is 79.3 Å². The number of carbonyl (C=O) groups excluding carboxylic acids is 2. The molecule has 4 nitrogen and oxygen atoms in total. The van der Waals surface area contributed by atoms with Crippen LogP contribution in [0.25, 0.3) is 0 Å². The van der Waals surface area contributed by atoms with Crippen LogP contribution in [0.4, 0.5) is 0 Å². The first-order valence-electron chi connectivity index (χ1n) is 10.6. The highest BCUT2D eigenvalue weighted by atomic mass is 32.2. The lowest BCUT2D eigenvalue weighted by Gasteiger charge is -2.47. The van der Waals surface area contributed by atoms with Gasteiger partial charge in [-0.1, -0.05) is 0 Å². The smallest absolute Gasteiger partial charge is 0.323 e. The van der Waals surface area contributed by atoms with E-state index in [2.05, 4.69) is 6.26 Å². The van der Waals surface area contributed by atoms with Gasteiger partial charge < -0.3 is 9.47 Å². The van der Waals surface area contributed by atoms with Gasteiger partial charge in [-0.3, -0.25) is 9.59 Å². The Bertz CT molecular complexity index is 782. The van der Waals surface area contributed by atoms with Crippen molar-refractivity contribution >= 4 is 23.7 Å². The van der Waals surface area contributed by atoms with E-state index in [1.54, 1.807) is 0 Å². The Hall–Kier alpha value is -0.710. The van der Waals surface area contributed by atoms with Gasteiger partial charge in [-0.2, -0.15) is 0 Å². The van der Waals surface area contributed by atoms with E-state index >= 15 is 0 Å². The topological polar surface area (TPSA) is 52.6 Å². The molecule has 2 heterocycles. The summed E-state index contributed by atoms with van der Waals surface area (Å²) in [5, 5.41) is 0. The number of fused-ring (bicyclic) bond motifs is 4. The molecule has 0 aromatic heterocycles. The van der Waals surface area contributed by atoms with E-state index < -0.39 is 0 Å². The average molecular weight is 372 g/mol. The van der Waals surface area contributed by atoms with E-state index in [9.17, 15) is 9.59 Å². The van der Waals surface area contributed by atoms with Gasteiger partial charge in [0.2, 0.25) is 0 Å². The Balaban J connectivity index is 1.43. The Morgan fingerprint density at radius 1 is 0.808 bits per heavy atom.